The van der Waals surface area contributed by atoms with Crippen molar-refractivity contribution in [2.75, 3.05) is 0 Å². The molecule has 4 aromatic carbocycles. The summed E-state index contributed by atoms with van der Waals surface area (Å²) in [5.41, 5.74) is 5.48. The molecular formula is C30H28BO3. The molecule has 0 saturated heterocycles. The molecule has 1 N–H and O–H groups in total. The van der Waals surface area contributed by atoms with Gasteiger partial charge >= 0.3 is 7.48 Å². The molecule has 1 aromatic heterocycles. The average molecular weight is 447 g/mol. The highest BCUT2D eigenvalue weighted by Gasteiger charge is 2.36. The number of fused-ring (bicyclic) bond motifs is 3. The Kier molecular flexibility index (Phi) is 5.59. The second-order valence-electron chi connectivity index (χ2n) is 9.75. The van der Waals surface area contributed by atoms with Crippen LogP contribution in [0.4, 0.5) is 0 Å². The first kappa shape index (κ1) is 22.5. The maximum Gasteiger partial charge on any atom is 0.331 e. The number of rotatable bonds is 6. The van der Waals surface area contributed by atoms with Crippen molar-refractivity contribution in [3.05, 3.63) is 91.0 Å². The Labute approximate surface area is 201 Å². The van der Waals surface area contributed by atoms with Gasteiger partial charge in [-0.1, -0.05) is 72.8 Å². The van der Waals surface area contributed by atoms with E-state index in [1.165, 1.54) is 16.7 Å². The quantitative estimate of drug-likeness (QED) is 0.294. The lowest BCUT2D eigenvalue weighted by Gasteiger charge is -2.37. The number of hydrogen-bond acceptors (Lipinski definition) is 3. The van der Waals surface area contributed by atoms with Gasteiger partial charge in [0.1, 0.15) is 11.2 Å². The molecule has 1 heterocycles. The van der Waals surface area contributed by atoms with Gasteiger partial charge < -0.3 is 14.2 Å². The molecular weight excluding hydrogens is 419 g/mol. The first-order chi connectivity index (χ1) is 16.2. The van der Waals surface area contributed by atoms with Crippen molar-refractivity contribution in [3.63, 3.8) is 0 Å². The number of benzene rings is 4. The van der Waals surface area contributed by atoms with Crippen LogP contribution in [0.15, 0.2) is 95.4 Å². The summed E-state index contributed by atoms with van der Waals surface area (Å²) in [7, 11) is 1.74. The second kappa shape index (κ2) is 8.46. The minimum Gasteiger partial charge on any atom is -0.456 e. The Balaban J connectivity index is 1.62. The fourth-order valence-electron chi connectivity index (χ4n) is 4.08. The summed E-state index contributed by atoms with van der Waals surface area (Å²) >= 11 is 0. The minimum atomic E-state index is -0.996. The van der Waals surface area contributed by atoms with E-state index in [9.17, 15) is 5.11 Å². The summed E-state index contributed by atoms with van der Waals surface area (Å²) in [6.07, 6.45) is 0. The van der Waals surface area contributed by atoms with E-state index in [2.05, 4.69) is 60.7 Å². The monoisotopic (exact) mass is 447 g/mol. The van der Waals surface area contributed by atoms with E-state index < -0.39 is 11.2 Å². The summed E-state index contributed by atoms with van der Waals surface area (Å²) in [6, 6.07) is 31.2. The standard InChI is InChI=1S/C30H28BO3/c1-29(2,32)30(3,4)34-31-25-15-10-16-27-28(25)24-19-21(17-18-26(24)33-27)23-14-9-8-13-22(23)20-11-6-5-7-12-20/h5-19,32H,1-4H3. The van der Waals surface area contributed by atoms with E-state index in [-0.39, 0.29) is 0 Å². The van der Waals surface area contributed by atoms with Crippen molar-refractivity contribution in [3.8, 4) is 22.3 Å². The fourth-order valence-corrected chi connectivity index (χ4v) is 4.08. The van der Waals surface area contributed by atoms with Gasteiger partial charge in [0.15, 0.2) is 0 Å². The third-order valence-electron chi connectivity index (χ3n) is 6.80. The summed E-state index contributed by atoms with van der Waals surface area (Å²) < 4.78 is 12.3. The Hall–Kier alpha value is -3.34. The van der Waals surface area contributed by atoms with Crippen LogP contribution in [-0.2, 0) is 4.65 Å². The largest absolute Gasteiger partial charge is 0.456 e. The van der Waals surface area contributed by atoms with Gasteiger partial charge in [0.2, 0.25) is 0 Å². The normalized spacial score (nSPS) is 12.4. The van der Waals surface area contributed by atoms with E-state index in [1.807, 2.05) is 44.2 Å². The molecule has 0 aliphatic heterocycles. The molecule has 0 amide bonds. The molecule has 0 bridgehead atoms. The van der Waals surface area contributed by atoms with Gasteiger partial charge in [-0.15, -0.1) is 0 Å². The zero-order chi connectivity index (χ0) is 23.9. The van der Waals surface area contributed by atoms with Crippen LogP contribution < -0.4 is 5.46 Å². The predicted octanol–water partition coefficient (Wildman–Crippen LogP) is 6.73. The van der Waals surface area contributed by atoms with Crippen LogP contribution in [0.5, 0.6) is 0 Å². The van der Waals surface area contributed by atoms with E-state index in [4.69, 9.17) is 9.07 Å². The molecule has 0 fully saturated rings. The van der Waals surface area contributed by atoms with Crippen LogP contribution in [0.25, 0.3) is 44.2 Å². The number of hydrogen-bond donors (Lipinski definition) is 1. The van der Waals surface area contributed by atoms with Crippen LogP contribution in [0, 0.1) is 0 Å². The SMILES string of the molecule is CC(C)(O)C(C)(C)O[B]c1cccc2oc3ccc(-c4ccccc4-c4ccccc4)cc3c12. The van der Waals surface area contributed by atoms with Gasteiger partial charge in [-0.3, -0.25) is 0 Å². The molecule has 5 aromatic rings. The summed E-state index contributed by atoms with van der Waals surface area (Å²) in [6.45, 7) is 7.28. The molecule has 4 heteroatoms. The summed E-state index contributed by atoms with van der Waals surface area (Å²) in [4.78, 5) is 0. The van der Waals surface area contributed by atoms with E-state index >= 15 is 0 Å². The molecule has 1 radical (unpaired) electrons. The number of furan rings is 1. The molecule has 0 unspecified atom stereocenters. The molecule has 0 atom stereocenters. The maximum absolute atomic E-state index is 10.5. The Morgan fingerprint density at radius 2 is 1.38 bits per heavy atom. The van der Waals surface area contributed by atoms with Gasteiger partial charge in [-0.05, 0) is 73.6 Å². The van der Waals surface area contributed by atoms with Gasteiger partial charge in [0.25, 0.3) is 0 Å². The summed E-state index contributed by atoms with van der Waals surface area (Å²) in [5.74, 6) is 0. The molecule has 0 aliphatic carbocycles. The topological polar surface area (TPSA) is 42.6 Å². The predicted molar refractivity (Wildman–Crippen MR) is 141 cm³/mol. The first-order valence-electron chi connectivity index (χ1n) is 11.6. The highest BCUT2D eigenvalue weighted by Crippen LogP contribution is 2.36. The van der Waals surface area contributed by atoms with Crippen LogP contribution in [-0.4, -0.2) is 23.8 Å². The van der Waals surface area contributed by atoms with E-state index in [0.717, 1.165) is 33.0 Å². The highest BCUT2D eigenvalue weighted by molar-refractivity contribution is 6.52. The van der Waals surface area contributed by atoms with Gasteiger partial charge in [-0.2, -0.15) is 0 Å². The van der Waals surface area contributed by atoms with E-state index in [1.54, 1.807) is 21.3 Å². The average Bonchev–Trinajstić information content (AvgIpc) is 3.21. The van der Waals surface area contributed by atoms with Crippen LogP contribution in [0.3, 0.4) is 0 Å². The highest BCUT2D eigenvalue weighted by atomic mass is 16.5. The molecule has 0 saturated carbocycles. The molecule has 3 nitrogen and oxygen atoms in total. The van der Waals surface area contributed by atoms with Gasteiger partial charge in [0.05, 0.1) is 11.2 Å². The van der Waals surface area contributed by atoms with Crippen LogP contribution >= 0.6 is 0 Å². The minimum absolute atomic E-state index is 0.755. The van der Waals surface area contributed by atoms with Crippen LogP contribution in [0.2, 0.25) is 0 Å². The first-order valence-corrected chi connectivity index (χ1v) is 11.6. The smallest absolute Gasteiger partial charge is 0.331 e. The molecule has 0 aliphatic rings. The lowest BCUT2D eigenvalue weighted by molar-refractivity contribution is -0.0893. The molecule has 5 rings (SSSR count). The van der Waals surface area contributed by atoms with Gasteiger partial charge in [0, 0.05) is 10.8 Å². The lowest BCUT2D eigenvalue weighted by Crippen LogP contribution is -2.49. The van der Waals surface area contributed by atoms with Crippen molar-refractivity contribution < 1.29 is 14.2 Å². The lowest BCUT2D eigenvalue weighted by atomic mass is 9.80. The third kappa shape index (κ3) is 4.04. The van der Waals surface area contributed by atoms with Crippen molar-refractivity contribution in [2.45, 2.75) is 38.9 Å². The van der Waals surface area contributed by atoms with Crippen molar-refractivity contribution in [2.24, 2.45) is 0 Å². The van der Waals surface area contributed by atoms with Crippen LogP contribution in [0.1, 0.15) is 27.7 Å². The second-order valence-corrected chi connectivity index (χ2v) is 9.75. The zero-order valence-corrected chi connectivity index (χ0v) is 20.0. The summed E-state index contributed by atoms with van der Waals surface area (Å²) in [5, 5.41) is 12.5. The Morgan fingerprint density at radius 1 is 0.706 bits per heavy atom. The fraction of sp³-hybridized carbons (Fsp3) is 0.200. The van der Waals surface area contributed by atoms with E-state index in [0.29, 0.717) is 0 Å². The number of aliphatic hydroxyl groups is 1. The van der Waals surface area contributed by atoms with Crippen molar-refractivity contribution >= 4 is 34.9 Å². The van der Waals surface area contributed by atoms with Crippen molar-refractivity contribution in [1.29, 1.82) is 0 Å². The van der Waals surface area contributed by atoms with Gasteiger partial charge in [-0.25, -0.2) is 0 Å². The zero-order valence-electron chi connectivity index (χ0n) is 20.0. The Bertz CT molecular complexity index is 1460. The molecule has 0 spiro atoms. The Morgan fingerprint density at radius 3 is 2.09 bits per heavy atom. The third-order valence-corrected chi connectivity index (χ3v) is 6.80. The maximum atomic E-state index is 10.5. The van der Waals surface area contributed by atoms with Crippen molar-refractivity contribution in [1.82, 2.24) is 0 Å². The molecule has 34 heavy (non-hydrogen) atoms. The molecule has 169 valence electrons.